The largest absolute Gasteiger partial charge is 0.472 e. The normalized spacial score (nSPS) is 10.5. The van der Waals surface area contributed by atoms with E-state index >= 15 is 0 Å². The number of rotatable bonds is 6. The quantitative estimate of drug-likeness (QED) is 0.730. The van der Waals surface area contributed by atoms with Gasteiger partial charge in [0.05, 0.1) is 12.5 Å². The Kier molecular flexibility index (Phi) is 5.29. The van der Waals surface area contributed by atoms with Crippen LogP contribution in [-0.4, -0.2) is 10.9 Å². The highest BCUT2D eigenvalue weighted by Crippen LogP contribution is 2.19. The minimum atomic E-state index is 0.00342. The van der Waals surface area contributed by atoms with Gasteiger partial charge in [-0.3, -0.25) is 9.78 Å². The molecule has 24 heavy (non-hydrogen) atoms. The first kappa shape index (κ1) is 16.3. The maximum atomic E-state index is 12.0. The van der Waals surface area contributed by atoms with E-state index in [1.807, 2.05) is 36.4 Å². The van der Waals surface area contributed by atoms with Crippen molar-refractivity contribution in [2.24, 2.45) is 0 Å². The number of pyridine rings is 1. The molecule has 0 unspecified atom stereocenters. The van der Waals surface area contributed by atoms with Crippen molar-refractivity contribution < 1.29 is 9.21 Å². The molecule has 122 valence electrons. The number of amides is 1. The van der Waals surface area contributed by atoms with Crippen LogP contribution in [-0.2, 0) is 17.8 Å². The number of aromatic nitrogens is 1. The number of aryl methyl sites for hydroxylation is 1. The van der Waals surface area contributed by atoms with Gasteiger partial charge in [-0.25, -0.2) is 0 Å². The highest BCUT2D eigenvalue weighted by atomic mass is 35.5. The molecule has 1 amide bonds. The van der Waals surface area contributed by atoms with Crippen LogP contribution in [0.5, 0.6) is 0 Å². The monoisotopic (exact) mass is 340 g/mol. The Morgan fingerprint density at radius 1 is 1.12 bits per heavy atom. The second kappa shape index (κ2) is 7.79. The van der Waals surface area contributed by atoms with Gasteiger partial charge in [0.2, 0.25) is 5.91 Å². The van der Waals surface area contributed by atoms with Gasteiger partial charge in [-0.05, 0) is 41.8 Å². The van der Waals surface area contributed by atoms with Gasteiger partial charge in [-0.15, -0.1) is 0 Å². The number of nitrogens with zero attached hydrogens (tertiary/aromatic N) is 1. The summed E-state index contributed by atoms with van der Waals surface area (Å²) in [5.74, 6) is 0.00342. The van der Waals surface area contributed by atoms with E-state index in [0.29, 0.717) is 24.4 Å². The third-order valence-corrected chi connectivity index (χ3v) is 3.90. The molecule has 0 atom stereocenters. The fraction of sp³-hybridized carbons (Fsp3) is 0.158. The highest BCUT2D eigenvalue weighted by molar-refractivity contribution is 6.30. The maximum absolute atomic E-state index is 12.0. The summed E-state index contributed by atoms with van der Waals surface area (Å²) >= 11 is 5.94. The average Bonchev–Trinajstić information content (AvgIpc) is 3.13. The van der Waals surface area contributed by atoms with E-state index < -0.39 is 0 Å². The predicted molar refractivity (Wildman–Crippen MR) is 93.6 cm³/mol. The van der Waals surface area contributed by atoms with Crippen LogP contribution in [0.2, 0.25) is 5.02 Å². The summed E-state index contributed by atoms with van der Waals surface area (Å²) < 4.78 is 5.08. The van der Waals surface area contributed by atoms with Crippen molar-refractivity contribution in [2.75, 3.05) is 0 Å². The second-order valence-electron chi connectivity index (χ2n) is 5.50. The van der Waals surface area contributed by atoms with Crippen molar-refractivity contribution in [3.8, 4) is 11.1 Å². The fourth-order valence-electron chi connectivity index (χ4n) is 2.41. The molecule has 0 aliphatic carbocycles. The lowest BCUT2D eigenvalue weighted by molar-refractivity contribution is -0.121. The van der Waals surface area contributed by atoms with E-state index in [1.54, 1.807) is 24.9 Å². The molecule has 2 heterocycles. The number of furan rings is 1. The maximum Gasteiger partial charge on any atom is 0.220 e. The van der Waals surface area contributed by atoms with Gasteiger partial charge in [-0.1, -0.05) is 23.7 Å². The molecule has 0 saturated heterocycles. The lowest BCUT2D eigenvalue weighted by Crippen LogP contribution is -2.23. The molecule has 0 fully saturated rings. The molecular formula is C19H17ClN2O2. The van der Waals surface area contributed by atoms with Crippen molar-refractivity contribution in [3.05, 3.63) is 77.5 Å². The van der Waals surface area contributed by atoms with Crippen LogP contribution in [0.15, 0.2) is 65.7 Å². The summed E-state index contributed by atoms with van der Waals surface area (Å²) in [4.78, 5) is 16.2. The van der Waals surface area contributed by atoms with Gasteiger partial charge in [0, 0.05) is 41.5 Å². The van der Waals surface area contributed by atoms with Crippen LogP contribution in [0.4, 0.5) is 0 Å². The zero-order valence-corrected chi connectivity index (χ0v) is 13.8. The number of halogens is 1. The Balaban J connectivity index is 1.52. The summed E-state index contributed by atoms with van der Waals surface area (Å²) in [5, 5.41) is 3.61. The molecule has 3 rings (SSSR count). The standard InChI is InChI=1S/C19H17ClN2O2/c20-18-3-1-2-14(9-18)4-5-19(23)22-11-15-8-17(12-21-10-15)16-6-7-24-13-16/h1-3,6-10,12-13H,4-5,11H2,(H,22,23). The molecule has 3 aromatic rings. The highest BCUT2D eigenvalue weighted by Gasteiger charge is 2.05. The number of carbonyl (C=O) groups excluding carboxylic acids is 1. The van der Waals surface area contributed by atoms with Crippen molar-refractivity contribution in [1.82, 2.24) is 10.3 Å². The van der Waals surface area contributed by atoms with Gasteiger partial charge in [-0.2, -0.15) is 0 Å². The van der Waals surface area contributed by atoms with Crippen LogP contribution in [0.1, 0.15) is 17.5 Å². The molecule has 0 spiro atoms. The molecule has 0 aliphatic rings. The number of benzene rings is 1. The Bertz CT molecular complexity index is 816. The van der Waals surface area contributed by atoms with Crippen LogP contribution in [0, 0.1) is 0 Å². The van der Waals surface area contributed by atoms with Gasteiger partial charge in [0.25, 0.3) is 0 Å². The van der Waals surface area contributed by atoms with E-state index in [2.05, 4.69) is 10.3 Å². The second-order valence-corrected chi connectivity index (χ2v) is 5.94. The number of hydrogen-bond acceptors (Lipinski definition) is 3. The van der Waals surface area contributed by atoms with Crippen LogP contribution >= 0.6 is 11.6 Å². The van der Waals surface area contributed by atoms with E-state index in [0.717, 1.165) is 22.3 Å². The zero-order chi connectivity index (χ0) is 16.8. The number of hydrogen-bond donors (Lipinski definition) is 1. The Morgan fingerprint density at radius 3 is 2.83 bits per heavy atom. The molecule has 4 nitrogen and oxygen atoms in total. The summed E-state index contributed by atoms with van der Waals surface area (Å²) in [6.07, 6.45) is 7.91. The van der Waals surface area contributed by atoms with Crippen LogP contribution < -0.4 is 5.32 Å². The molecular weight excluding hydrogens is 324 g/mol. The molecule has 1 N–H and O–H groups in total. The first-order chi connectivity index (χ1) is 11.7. The fourth-order valence-corrected chi connectivity index (χ4v) is 2.62. The zero-order valence-electron chi connectivity index (χ0n) is 13.0. The van der Waals surface area contributed by atoms with Gasteiger partial charge in [0.1, 0.15) is 0 Å². The molecule has 0 aliphatic heterocycles. The van der Waals surface area contributed by atoms with E-state index in [9.17, 15) is 4.79 Å². The summed E-state index contributed by atoms with van der Waals surface area (Å²) in [5.41, 5.74) is 3.94. The Hall–Kier alpha value is -2.59. The predicted octanol–water partition coefficient (Wildman–Crippen LogP) is 4.24. The third-order valence-electron chi connectivity index (χ3n) is 3.67. The minimum absolute atomic E-state index is 0.00342. The molecule has 1 aromatic carbocycles. The van der Waals surface area contributed by atoms with Gasteiger partial charge in [0.15, 0.2) is 0 Å². The van der Waals surface area contributed by atoms with Crippen molar-refractivity contribution in [3.63, 3.8) is 0 Å². The first-order valence-electron chi connectivity index (χ1n) is 7.68. The number of nitrogens with one attached hydrogen (secondary N) is 1. The van der Waals surface area contributed by atoms with Crippen LogP contribution in [0.25, 0.3) is 11.1 Å². The Labute approximate surface area is 145 Å². The number of carbonyl (C=O) groups is 1. The van der Waals surface area contributed by atoms with Gasteiger partial charge < -0.3 is 9.73 Å². The van der Waals surface area contributed by atoms with Crippen LogP contribution in [0.3, 0.4) is 0 Å². The van der Waals surface area contributed by atoms with E-state index in [4.69, 9.17) is 16.0 Å². The molecule has 0 bridgehead atoms. The summed E-state index contributed by atoms with van der Waals surface area (Å²) in [7, 11) is 0. The van der Waals surface area contributed by atoms with Crippen molar-refractivity contribution >= 4 is 17.5 Å². The molecule has 2 aromatic heterocycles. The topological polar surface area (TPSA) is 55.1 Å². The summed E-state index contributed by atoms with van der Waals surface area (Å²) in [6.45, 7) is 0.451. The van der Waals surface area contributed by atoms with E-state index in [-0.39, 0.29) is 5.91 Å². The smallest absolute Gasteiger partial charge is 0.220 e. The third kappa shape index (κ3) is 4.46. The minimum Gasteiger partial charge on any atom is -0.472 e. The van der Waals surface area contributed by atoms with Crippen molar-refractivity contribution in [2.45, 2.75) is 19.4 Å². The van der Waals surface area contributed by atoms with Gasteiger partial charge >= 0.3 is 0 Å². The lowest BCUT2D eigenvalue weighted by atomic mass is 10.1. The first-order valence-corrected chi connectivity index (χ1v) is 8.06. The Morgan fingerprint density at radius 2 is 2.04 bits per heavy atom. The lowest BCUT2D eigenvalue weighted by Gasteiger charge is -2.07. The van der Waals surface area contributed by atoms with E-state index in [1.165, 1.54) is 0 Å². The average molecular weight is 341 g/mol. The molecule has 0 radical (unpaired) electrons. The summed E-state index contributed by atoms with van der Waals surface area (Å²) in [6, 6.07) is 11.4. The molecule has 5 heteroatoms. The van der Waals surface area contributed by atoms with Crippen molar-refractivity contribution in [1.29, 1.82) is 0 Å². The SMILES string of the molecule is O=C(CCc1cccc(Cl)c1)NCc1cncc(-c2ccoc2)c1. The molecule has 0 saturated carbocycles.